The van der Waals surface area contributed by atoms with E-state index in [9.17, 15) is 4.79 Å². The maximum Gasteiger partial charge on any atom is 0.223 e. The van der Waals surface area contributed by atoms with E-state index in [2.05, 4.69) is 17.6 Å². The highest BCUT2D eigenvalue weighted by Gasteiger charge is 2.26. The molecule has 1 amide bonds. The molecule has 0 atom stereocenters. The number of piperidine rings is 1. The molecule has 2 rings (SSSR count). The van der Waals surface area contributed by atoms with Crippen LogP contribution in [0.5, 0.6) is 0 Å². The van der Waals surface area contributed by atoms with Crippen molar-refractivity contribution in [2.45, 2.75) is 51.5 Å². The minimum Gasteiger partial charge on any atom is -0.353 e. The highest BCUT2D eigenvalue weighted by atomic mass is 16.1. The Balaban J connectivity index is 1.74. The summed E-state index contributed by atoms with van der Waals surface area (Å²) in [7, 11) is 0. The largest absolute Gasteiger partial charge is 0.353 e. The van der Waals surface area contributed by atoms with E-state index in [1.54, 1.807) is 0 Å². The zero-order valence-corrected chi connectivity index (χ0v) is 10.3. The Bertz CT molecular complexity index is 228. The fourth-order valence-electron chi connectivity index (χ4n) is 2.81. The summed E-state index contributed by atoms with van der Waals surface area (Å²) >= 11 is 0. The molecule has 2 N–H and O–H groups in total. The third kappa shape index (κ3) is 3.21. The summed E-state index contributed by atoms with van der Waals surface area (Å²) in [4.78, 5) is 12.0. The SMILES string of the molecule is CC1CCC(C(=O)NC2CCNCC2)CC1. The Morgan fingerprint density at radius 1 is 1.06 bits per heavy atom. The van der Waals surface area contributed by atoms with Crippen LogP contribution in [0.25, 0.3) is 0 Å². The number of hydrogen-bond acceptors (Lipinski definition) is 2. The maximum atomic E-state index is 12.0. The zero-order valence-electron chi connectivity index (χ0n) is 10.3. The third-order valence-electron chi connectivity index (χ3n) is 4.07. The van der Waals surface area contributed by atoms with Gasteiger partial charge in [0.05, 0.1) is 0 Å². The number of nitrogens with one attached hydrogen (secondary N) is 2. The van der Waals surface area contributed by atoms with Crippen LogP contribution >= 0.6 is 0 Å². The molecule has 0 aromatic carbocycles. The quantitative estimate of drug-likeness (QED) is 0.749. The number of carbonyl (C=O) groups excluding carboxylic acids is 1. The van der Waals surface area contributed by atoms with Crippen molar-refractivity contribution in [1.29, 1.82) is 0 Å². The van der Waals surface area contributed by atoms with Crippen LogP contribution in [0.2, 0.25) is 0 Å². The summed E-state index contributed by atoms with van der Waals surface area (Å²) in [6.07, 6.45) is 6.83. The van der Waals surface area contributed by atoms with Gasteiger partial charge in [-0.3, -0.25) is 4.79 Å². The van der Waals surface area contributed by atoms with Gasteiger partial charge in [-0.1, -0.05) is 6.92 Å². The lowest BCUT2D eigenvalue weighted by molar-refractivity contribution is -0.127. The molecule has 16 heavy (non-hydrogen) atoms. The zero-order chi connectivity index (χ0) is 11.4. The highest BCUT2D eigenvalue weighted by Crippen LogP contribution is 2.28. The molecule has 2 aliphatic rings. The summed E-state index contributed by atoms with van der Waals surface area (Å²) < 4.78 is 0. The van der Waals surface area contributed by atoms with Crippen molar-refractivity contribution in [3.05, 3.63) is 0 Å². The van der Waals surface area contributed by atoms with E-state index in [0.29, 0.717) is 17.9 Å². The third-order valence-corrected chi connectivity index (χ3v) is 4.07. The van der Waals surface area contributed by atoms with Gasteiger partial charge in [-0.05, 0) is 57.5 Å². The van der Waals surface area contributed by atoms with E-state index in [4.69, 9.17) is 0 Å². The van der Waals surface area contributed by atoms with E-state index in [1.165, 1.54) is 12.8 Å². The summed E-state index contributed by atoms with van der Waals surface area (Å²) in [6.45, 7) is 4.39. The van der Waals surface area contributed by atoms with Crippen molar-refractivity contribution in [2.75, 3.05) is 13.1 Å². The predicted octanol–water partition coefficient (Wildman–Crippen LogP) is 1.68. The first-order valence-corrected chi connectivity index (χ1v) is 6.77. The summed E-state index contributed by atoms with van der Waals surface area (Å²) in [5, 5.41) is 6.55. The summed E-state index contributed by atoms with van der Waals surface area (Å²) in [5.74, 6) is 1.44. The van der Waals surface area contributed by atoms with Crippen LogP contribution < -0.4 is 10.6 Å². The van der Waals surface area contributed by atoms with E-state index in [-0.39, 0.29) is 0 Å². The van der Waals surface area contributed by atoms with Gasteiger partial charge in [-0.2, -0.15) is 0 Å². The Hall–Kier alpha value is -0.570. The molecule has 92 valence electrons. The van der Waals surface area contributed by atoms with Crippen molar-refractivity contribution in [2.24, 2.45) is 11.8 Å². The second kappa shape index (κ2) is 5.67. The van der Waals surface area contributed by atoms with Crippen molar-refractivity contribution in [3.63, 3.8) is 0 Å². The van der Waals surface area contributed by atoms with Crippen molar-refractivity contribution < 1.29 is 4.79 Å². The van der Waals surface area contributed by atoms with Gasteiger partial charge in [0, 0.05) is 12.0 Å². The number of hydrogen-bond donors (Lipinski definition) is 2. The predicted molar refractivity (Wildman–Crippen MR) is 65.2 cm³/mol. The standard InChI is InChI=1S/C13H24N2O/c1-10-2-4-11(5-3-10)13(16)15-12-6-8-14-9-7-12/h10-12,14H,2-9H2,1H3,(H,15,16). The number of rotatable bonds is 2. The van der Waals surface area contributed by atoms with Gasteiger partial charge in [0.25, 0.3) is 0 Å². The summed E-state index contributed by atoms with van der Waals surface area (Å²) in [5.41, 5.74) is 0. The molecule has 0 aromatic heterocycles. The van der Waals surface area contributed by atoms with Gasteiger partial charge in [-0.15, -0.1) is 0 Å². The van der Waals surface area contributed by atoms with Gasteiger partial charge in [-0.25, -0.2) is 0 Å². The Morgan fingerprint density at radius 2 is 1.69 bits per heavy atom. The lowest BCUT2D eigenvalue weighted by Gasteiger charge is -2.29. The molecule has 1 saturated carbocycles. The first-order chi connectivity index (χ1) is 7.75. The van der Waals surface area contributed by atoms with Crippen LogP contribution in [-0.4, -0.2) is 25.0 Å². The summed E-state index contributed by atoms with van der Waals surface area (Å²) in [6, 6.07) is 0.424. The molecule has 1 aliphatic heterocycles. The molecule has 0 spiro atoms. The average Bonchev–Trinajstić information content (AvgIpc) is 2.31. The fourth-order valence-corrected chi connectivity index (χ4v) is 2.81. The van der Waals surface area contributed by atoms with Crippen molar-refractivity contribution in [3.8, 4) is 0 Å². The van der Waals surface area contributed by atoms with Gasteiger partial charge >= 0.3 is 0 Å². The highest BCUT2D eigenvalue weighted by molar-refractivity contribution is 5.79. The van der Waals surface area contributed by atoms with E-state index >= 15 is 0 Å². The van der Waals surface area contributed by atoms with Gasteiger partial charge in [0.1, 0.15) is 0 Å². The Morgan fingerprint density at radius 3 is 2.31 bits per heavy atom. The second-order valence-corrected chi connectivity index (χ2v) is 5.49. The van der Waals surface area contributed by atoms with Crippen LogP contribution in [0.3, 0.4) is 0 Å². The Kier molecular flexibility index (Phi) is 4.22. The topological polar surface area (TPSA) is 41.1 Å². The van der Waals surface area contributed by atoms with Gasteiger partial charge in [0.2, 0.25) is 5.91 Å². The monoisotopic (exact) mass is 224 g/mol. The van der Waals surface area contributed by atoms with E-state index in [0.717, 1.165) is 44.7 Å². The molecule has 1 aliphatic carbocycles. The van der Waals surface area contributed by atoms with Gasteiger partial charge in [0.15, 0.2) is 0 Å². The Labute approximate surface area is 98.4 Å². The molecule has 2 fully saturated rings. The smallest absolute Gasteiger partial charge is 0.223 e. The minimum absolute atomic E-state index is 0.297. The fraction of sp³-hybridized carbons (Fsp3) is 0.923. The van der Waals surface area contributed by atoms with Crippen LogP contribution in [0, 0.1) is 11.8 Å². The molecule has 0 radical (unpaired) electrons. The number of carbonyl (C=O) groups is 1. The van der Waals surface area contributed by atoms with Crippen LogP contribution in [0.1, 0.15) is 45.4 Å². The van der Waals surface area contributed by atoms with Crippen LogP contribution in [0.15, 0.2) is 0 Å². The molecule has 0 aromatic rings. The lowest BCUT2D eigenvalue weighted by atomic mass is 9.82. The molecule has 0 bridgehead atoms. The molecule has 1 heterocycles. The normalized spacial score (nSPS) is 32.3. The molecular formula is C13H24N2O. The molecule has 1 saturated heterocycles. The van der Waals surface area contributed by atoms with Gasteiger partial charge < -0.3 is 10.6 Å². The average molecular weight is 224 g/mol. The second-order valence-electron chi connectivity index (χ2n) is 5.49. The molecule has 0 unspecified atom stereocenters. The first-order valence-electron chi connectivity index (χ1n) is 6.77. The maximum absolute atomic E-state index is 12.0. The van der Waals surface area contributed by atoms with Crippen LogP contribution in [0.4, 0.5) is 0 Å². The molecule has 3 nitrogen and oxygen atoms in total. The minimum atomic E-state index is 0.297. The van der Waals surface area contributed by atoms with Crippen molar-refractivity contribution in [1.82, 2.24) is 10.6 Å². The van der Waals surface area contributed by atoms with E-state index in [1.807, 2.05) is 0 Å². The van der Waals surface area contributed by atoms with Crippen LogP contribution in [-0.2, 0) is 4.79 Å². The van der Waals surface area contributed by atoms with E-state index < -0.39 is 0 Å². The number of amides is 1. The first kappa shape index (κ1) is 11.9. The lowest BCUT2D eigenvalue weighted by Crippen LogP contribution is -2.45. The molecule has 3 heteroatoms. The van der Waals surface area contributed by atoms with Crippen molar-refractivity contribution >= 4 is 5.91 Å². The molecular weight excluding hydrogens is 200 g/mol.